The fourth-order valence-corrected chi connectivity index (χ4v) is 3.39. The highest BCUT2D eigenvalue weighted by molar-refractivity contribution is 5.33. The Morgan fingerprint density at radius 1 is 1.19 bits per heavy atom. The third-order valence-electron chi connectivity index (χ3n) is 4.54. The van der Waals surface area contributed by atoms with Crippen molar-refractivity contribution in [1.82, 2.24) is 5.32 Å². The van der Waals surface area contributed by atoms with E-state index < -0.39 is 0 Å². The topological polar surface area (TPSA) is 55.2 Å². The Hall–Kier alpha value is -1.42. The van der Waals surface area contributed by atoms with Gasteiger partial charge in [-0.15, -0.1) is 0 Å². The number of nitro benzene ring substituents is 1. The molecule has 1 aliphatic rings. The normalized spacial score (nSPS) is 18.1. The van der Waals surface area contributed by atoms with Crippen molar-refractivity contribution in [1.29, 1.82) is 0 Å². The summed E-state index contributed by atoms with van der Waals surface area (Å²) in [4.78, 5) is 10.4. The van der Waals surface area contributed by atoms with Crippen LogP contribution in [0.3, 0.4) is 0 Å². The maximum absolute atomic E-state index is 10.7. The lowest BCUT2D eigenvalue weighted by atomic mass is 9.87. The summed E-state index contributed by atoms with van der Waals surface area (Å²) in [6, 6.07) is 7.53. The average Bonchev–Trinajstić information content (AvgIpc) is 2.76. The smallest absolute Gasteiger partial charge is 0.269 e. The van der Waals surface area contributed by atoms with Crippen molar-refractivity contribution in [3.05, 3.63) is 39.9 Å². The minimum Gasteiger partial charge on any atom is -0.314 e. The van der Waals surface area contributed by atoms with E-state index in [1.54, 1.807) is 12.1 Å². The van der Waals surface area contributed by atoms with Gasteiger partial charge in [0.15, 0.2) is 0 Å². The molecule has 1 saturated carbocycles. The molecule has 0 radical (unpaired) electrons. The van der Waals surface area contributed by atoms with Gasteiger partial charge in [0.25, 0.3) is 5.69 Å². The second-order valence-electron chi connectivity index (χ2n) is 6.04. The predicted octanol–water partition coefficient (Wildman–Crippen LogP) is 4.09. The molecule has 0 spiro atoms. The van der Waals surface area contributed by atoms with Gasteiger partial charge in [-0.2, -0.15) is 0 Å². The Kier molecular flexibility index (Phi) is 6.18. The molecule has 1 N–H and O–H groups in total. The molecule has 4 heteroatoms. The molecule has 116 valence electrons. The van der Waals surface area contributed by atoms with Crippen molar-refractivity contribution in [2.45, 2.75) is 57.9 Å². The highest BCUT2D eigenvalue weighted by Crippen LogP contribution is 2.27. The van der Waals surface area contributed by atoms with E-state index in [2.05, 4.69) is 12.2 Å². The zero-order chi connectivity index (χ0) is 15.1. The van der Waals surface area contributed by atoms with Gasteiger partial charge in [0, 0.05) is 18.2 Å². The van der Waals surface area contributed by atoms with Crippen molar-refractivity contribution in [3.63, 3.8) is 0 Å². The Bertz CT molecular complexity index is 437. The largest absolute Gasteiger partial charge is 0.314 e. The third kappa shape index (κ3) is 4.81. The molecule has 1 atom stereocenters. The number of hydrogen-bond acceptors (Lipinski definition) is 3. The fraction of sp³-hybridized carbons (Fsp3) is 0.647. The SMILES string of the molecule is CCNC(Cc1ccc([N+](=O)[O-])cc1)C1CCCCCC1. The molecule has 1 aliphatic carbocycles. The van der Waals surface area contributed by atoms with Crippen LogP contribution in [-0.4, -0.2) is 17.5 Å². The van der Waals surface area contributed by atoms with Gasteiger partial charge in [0.05, 0.1) is 4.92 Å². The highest BCUT2D eigenvalue weighted by atomic mass is 16.6. The molecule has 0 saturated heterocycles. The second kappa shape index (κ2) is 8.13. The minimum absolute atomic E-state index is 0.174. The summed E-state index contributed by atoms with van der Waals surface area (Å²) in [5, 5.41) is 14.3. The molecule has 0 aromatic heterocycles. The minimum atomic E-state index is -0.336. The zero-order valence-electron chi connectivity index (χ0n) is 12.9. The van der Waals surface area contributed by atoms with Crippen molar-refractivity contribution < 1.29 is 4.92 Å². The first kappa shape index (κ1) is 16.0. The van der Waals surface area contributed by atoms with E-state index in [1.807, 2.05) is 12.1 Å². The summed E-state index contributed by atoms with van der Waals surface area (Å²) in [7, 11) is 0. The summed E-state index contributed by atoms with van der Waals surface area (Å²) in [6.07, 6.45) is 9.01. The number of hydrogen-bond donors (Lipinski definition) is 1. The number of benzene rings is 1. The quantitative estimate of drug-likeness (QED) is 0.488. The Morgan fingerprint density at radius 3 is 2.33 bits per heavy atom. The first-order valence-electron chi connectivity index (χ1n) is 8.17. The van der Waals surface area contributed by atoms with Crippen LogP contribution in [0.1, 0.15) is 51.0 Å². The van der Waals surface area contributed by atoms with Crippen LogP contribution in [0, 0.1) is 16.0 Å². The van der Waals surface area contributed by atoms with Gasteiger partial charge in [-0.1, -0.05) is 44.7 Å². The van der Waals surface area contributed by atoms with Crippen LogP contribution in [0.4, 0.5) is 5.69 Å². The number of nitrogens with one attached hydrogen (secondary N) is 1. The summed E-state index contributed by atoms with van der Waals surface area (Å²) in [6.45, 7) is 3.13. The predicted molar refractivity (Wildman–Crippen MR) is 85.5 cm³/mol. The Balaban J connectivity index is 2.02. The number of non-ortho nitro benzene ring substituents is 1. The molecule has 1 unspecified atom stereocenters. The summed E-state index contributed by atoms with van der Waals surface area (Å²) < 4.78 is 0. The number of nitrogens with zero attached hydrogens (tertiary/aromatic N) is 1. The summed E-state index contributed by atoms with van der Waals surface area (Å²) in [5.74, 6) is 0.739. The van der Waals surface area contributed by atoms with Crippen LogP contribution in [-0.2, 0) is 6.42 Å². The van der Waals surface area contributed by atoms with Gasteiger partial charge < -0.3 is 5.32 Å². The lowest BCUT2D eigenvalue weighted by Gasteiger charge is -2.27. The van der Waals surface area contributed by atoms with E-state index in [-0.39, 0.29) is 10.6 Å². The fourth-order valence-electron chi connectivity index (χ4n) is 3.39. The van der Waals surface area contributed by atoms with E-state index in [0.717, 1.165) is 18.9 Å². The van der Waals surface area contributed by atoms with E-state index in [0.29, 0.717) is 6.04 Å². The van der Waals surface area contributed by atoms with Gasteiger partial charge in [-0.3, -0.25) is 10.1 Å². The average molecular weight is 290 g/mol. The second-order valence-corrected chi connectivity index (χ2v) is 6.04. The lowest BCUT2D eigenvalue weighted by Crippen LogP contribution is -2.37. The van der Waals surface area contributed by atoms with E-state index in [1.165, 1.54) is 44.1 Å². The van der Waals surface area contributed by atoms with Crippen molar-refractivity contribution in [3.8, 4) is 0 Å². The first-order valence-corrected chi connectivity index (χ1v) is 8.17. The van der Waals surface area contributed by atoms with Crippen LogP contribution >= 0.6 is 0 Å². The molecule has 2 rings (SSSR count). The highest BCUT2D eigenvalue weighted by Gasteiger charge is 2.22. The van der Waals surface area contributed by atoms with Crippen molar-refractivity contribution in [2.24, 2.45) is 5.92 Å². The standard InChI is InChI=1S/C17H26N2O2/c1-2-18-17(15-7-5-3-4-6-8-15)13-14-9-11-16(12-10-14)19(20)21/h9-12,15,17-18H,2-8,13H2,1H3. The van der Waals surface area contributed by atoms with Gasteiger partial charge >= 0.3 is 0 Å². The molecule has 21 heavy (non-hydrogen) atoms. The van der Waals surface area contributed by atoms with E-state index in [4.69, 9.17) is 0 Å². The van der Waals surface area contributed by atoms with Crippen LogP contribution in [0.2, 0.25) is 0 Å². The van der Waals surface area contributed by atoms with Gasteiger partial charge in [0.2, 0.25) is 0 Å². The number of likely N-dealkylation sites (N-methyl/N-ethyl adjacent to an activating group) is 1. The van der Waals surface area contributed by atoms with E-state index >= 15 is 0 Å². The Labute approximate surface area is 127 Å². The molecule has 4 nitrogen and oxygen atoms in total. The molecular formula is C17H26N2O2. The maximum Gasteiger partial charge on any atom is 0.269 e. The summed E-state index contributed by atoms with van der Waals surface area (Å²) in [5.41, 5.74) is 1.36. The molecular weight excluding hydrogens is 264 g/mol. The zero-order valence-corrected chi connectivity index (χ0v) is 12.9. The third-order valence-corrected chi connectivity index (χ3v) is 4.54. The van der Waals surface area contributed by atoms with Gasteiger partial charge in [-0.25, -0.2) is 0 Å². The van der Waals surface area contributed by atoms with Crippen LogP contribution < -0.4 is 5.32 Å². The monoisotopic (exact) mass is 290 g/mol. The molecule has 1 aromatic rings. The molecule has 0 aliphatic heterocycles. The van der Waals surface area contributed by atoms with Crippen molar-refractivity contribution in [2.75, 3.05) is 6.54 Å². The van der Waals surface area contributed by atoms with Crippen molar-refractivity contribution >= 4 is 5.69 Å². The number of nitro groups is 1. The van der Waals surface area contributed by atoms with Crippen LogP contribution in [0.25, 0.3) is 0 Å². The molecule has 1 aromatic carbocycles. The molecule has 0 amide bonds. The van der Waals surface area contributed by atoms with E-state index in [9.17, 15) is 10.1 Å². The van der Waals surface area contributed by atoms with Gasteiger partial charge in [-0.05, 0) is 37.3 Å². The van der Waals surface area contributed by atoms with Crippen LogP contribution in [0.15, 0.2) is 24.3 Å². The molecule has 0 heterocycles. The lowest BCUT2D eigenvalue weighted by molar-refractivity contribution is -0.384. The summed E-state index contributed by atoms with van der Waals surface area (Å²) >= 11 is 0. The molecule has 1 fully saturated rings. The van der Waals surface area contributed by atoms with Gasteiger partial charge in [0.1, 0.15) is 0 Å². The first-order chi connectivity index (χ1) is 10.2. The maximum atomic E-state index is 10.7. The molecule has 0 bridgehead atoms. The number of rotatable bonds is 6. The Morgan fingerprint density at radius 2 is 1.81 bits per heavy atom. The van der Waals surface area contributed by atoms with Crippen LogP contribution in [0.5, 0.6) is 0 Å².